The molecule has 1 aliphatic heterocycles. The van der Waals surface area contributed by atoms with E-state index in [1.165, 1.54) is 13.2 Å². The van der Waals surface area contributed by atoms with Crippen LogP contribution in [0.5, 0.6) is 23.0 Å². The van der Waals surface area contributed by atoms with E-state index >= 15 is 0 Å². The summed E-state index contributed by atoms with van der Waals surface area (Å²) < 4.78 is 22.0. The Balaban J connectivity index is 1.98. The smallest absolute Gasteiger partial charge is 0.330 e. The zero-order chi connectivity index (χ0) is 21.0. The Kier molecular flexibility index (Phi) is 6.32. The summed E-state index contributed by atoms with van der Waals surface area (Å²) in [6.45, 7) is 4.20. The Morgan fingerprint density at radius 2 is 1.90 bits per heavy atom. The Hall–Kier alpha value is -3.15. The first-order valence-corrected chi connectivity index (χ1v) is 9.62. The lowest BCUT2D eigenvalue weighted by Crippen LogP contribution is -2.09. The van der Waals surface area contributed by atoms with Crippen molar-refractivity contribution in [3.63, 3.8) is 0 Å². The van der Waals surface area contributed by atoms with Gasteiger partial charge in [0.05, 0.1) is 20.8 Å². The van der Waals surface area contributed by atoms with Crippen molar-refractivity contribution >= 4 is 12.0 Å². The molecule has 0 bridgehead atoms. The molecular weight excluding hydrogens is 372 g/mol. The number of methoxy groups -OCH3 is 2. The maximum atomic E-state index is 11.7. The van der Waals surface area contributed by atoms with E-state index in [1.54, 1.807) is 32.2 Å². The molecule has 1 aliphatic rings. The zero-order valence-corrected chi connectivity index (χ0v) is 17.1. The van der Waals surface area contributed by atoms with E-state index in [0.29, 0.717) is 23.9 Å². The Morgan fingerprint density at radius 1 is 1.14 bits per heavy atom. The molecule has 0 aliphatic carbocycles. The van der Waals surface area contributed by atoms with Gasteiger partial charge in [-0.2, -0.15) is 0 Å². The first-order chi connectivity index (χ1) is 14.0. The summed E-state index contributed by atoms with van der Waals surface area (Å²) in [6.07, 6.45) is 3.73. The molecular formula is C23H26O6. The molecule has 154 valence electrons. The zero-order valence-electron chi connectivity index (χ0n) is 17.1. The molecule has 0 spiro atoms. The van der Waals surface area contributed by atoms with E-state index in [4.69, 9.17) is 18.9 Å². The van der Waals surface area contributed by atoms with Crippen molar-refractivity contribution in [3.05, 3.63) is 53.1 Å². The second kappa shape index (κ2) is 8.90. The van der Waals surface area contributed by atoms with Crippen molar-refractivity contribution in [2.75, 3.05) is 20.8 Å². The topological polar surface area (TPSA) is 74.2 Å². The van der Waals surface area contributed by atoms with Gasteiger partial charge in [-0.25, -0.2) is 4.79 Å². The van der Waals surface area contributed by atoms with Gasteiger partial charge in [0.2, 0.25) is 0 Å². The molecule has 1 N–H and O–H groups in total. The second-order valence-electron chi connectivity index (χ2n) is 6.71. The molecule has 2 aromatic rings. The van der Waals surface area contributed by atoms with Crippen LogP contribution in [0.25, 0.3) is 6.08 Å². The first kappa shape index (κ1) is 20.6. The number of carbonyl (C=O) groups is 1. The van der Waals surface area contributed by atoms with Crippen molar-refractivity contribution in [2.24, 2.45) is 0 Å². The molecule has 0 saturated heterocycles. The van der Waals surface area contributed by atoms with Gasteiger partial charge in [0.15, 0.2) is 23.0 Å². The number of rotatable bonds is 7. The Morgan fingerprint density at radius 3 is 2.55 bits per heavy atom. The number of benzene rings is 2. The van der Waals surface area contributed by atoms with Crippen LogP contribution >= 0.6 is 0 Å². The summed E-state index contributed by atoms with van der Waals surface area (Å²) in [5.74, 6) is 1.50. The largest absolute Gasteiger partial charge is 0.504 e. The average molecular weight is 398 g/mol. The number of hydrogen-bond acceptors (Lipinski definition) is 6. The van der Waals surface area contributed by atoms with Gasteiger partial charge in [0.25, 0.3) is 0 Å². The molecule has 0 amide bonds. The van der Waals surface area contributed by atoms with Crippen molar-refractivity contribution in [1.82, 2.24) is 0 Å². The SMILES string of the molecule is CCOC(=O)/C=C/c1cc(OC)c2c(c1)C(CC)C(c1ccc(O)c(OC)c1)O2. The third kappa shape index (κ3) is 4.16. The molecule has 2 unspecified atom stereocenters. The Bertz CT molecular complexity index is 918. The standard InChI is InChI=1S/C23H26O6/c1-5-16-17-11-14(7-10-21(25)28-6-2)12-20(27-4)23(17)29-22(16)15-8-9-18(24)19(13-15)26-3/h7-13,16,22,24H,5-6H2,1-4H3/b10-7+. The monoisotopic (exact) mass is 398 g/mol. The van der Waals surface area contributed by atoms with Crippen LogP contribution in [-0.4, -0.2) is 31.9 Å². The molecule has 2 aromatic carbocycles. The average Bonchev–Trinajstić information content (AvgIpc) is 3.10. The molecule has 29 heavy (non-hydrogen) atoms. The van der Waals surface area contributed by atoms with Gasteiger partial charge in [-0.1, -0.05) is 13.0 Å². The minimum Gasteiger partial charge on any atom is -0.504 e. The first-order valence-electron chi connectivity index (χ1n) is 9.62. The quantitative estimate of drug-likeness (QED) is 0.542. The van der Waals surface area contributed by atoms with Crippen LogP contribution in [-0.2, 0) is 9.53 Å². The van der Waals surface area contributed by atoms with Gasteiger partial charge in [0.1, 0.15) is 6.10 Å². The number of esters is 1. The Labute approximate surface area is 170 Å². The van der Waals surface area contributed by atoms with Gasteiger partial charge in [-0.15, -0.1) is 0 Å². The number of phenolic OH excluding ortho intramolecular Hbond substituents is 1. The molecule has 0 saturated carbocycles. The number of ether oxygens (including phenoxy) is 4. The predicted molar refractivity (Wildman–Crippen MR) is 110 cm³/mol. The highest BCUT2D eigenvalue weighted by Gasteiger charge is 2.37. The summed E-state index contributed by atoms with van der Waals surface area (Å²) in [6, 6.07) is 9.09. The summed E-state index contributed by atoms with van der Waals surface area (Å²) in [5.41, 5.74) is 2.76. The van der Waals surface area contributed by atoms with Crippen LogP contribution < -0.4 is 14.2 Å². The minimum atomic E-state index is -0.385. The van der Waals surface area contributed by atoms with Crippen LogP contribution in [0.15, 0.2) is 36.4 Å². The van der Waals surface area contributed by atoms with Crippen molar-refractivity contribution < 1.29 is 28.8 Å². The summed E-state index contributed by atoms with van der Waals surface area (Å²) >= 11 is 0. The predicted octanol–water partition coefficient (Wildman–Crippen LogP) is 4.61. The number of hydrogen-bond donors (Lipinski definition) is 1. The molecule has 0 radical (unpaired) electrons. The van der Waals surface area contributed by atoms with Gasteiger partial charge in [0, 0.05) is 17.6 Å². The third-order valence-electron chi connectivity index (χ3n) is 5.01. The van der Waals surface area contributed by atoms with E-state index < -0.39 is 0 Å². The van der Waals surface area contributed by atoms with Gasteiger partial charge < -0.3 is 24.1 Å². The lowest BCUT2D eigenvalue weighted by Gasteiger charge is -2.19. The highest BCUT2D eigenvalue weighted by atomic mass is 16.5. The minimum absolute atomic E-state index is 0.0868. The summed E-state index contributed by atoms with van der Waals surface area (Å²) in [5, 5.41) is 9.90. The molecule has 6 heteroatoms. The normalized spacial score (nSPS) is 17.7. The molecule has 1 heterocycles. The van der Waals surface area contributed by atoms with Crippen LogP contribution in [0.4, 0.5) is 0 Å². The maximum Gasteiger partial charge on any atom is 0.330 e. The van der Waals surface area contributed by atoms with Gasteiger partial charge in [-0.05, 0) is 54.8 Å². The number of phenols is 1. The molecule has 3 rings (SSSR count). The maximum absolute atomic E-state index is 11.7. The van der Waals surface area contributed by atoms with Crippen LogP contribution in [0, 0.1) is 0 Å². The molecule has 0 fully saturated rings. The summed E-state index contributed by atoms with van der Waals surface area (Å²) in [7, 11) is 3.11. The second-order valence-corrected chi connectivity index (χ2v) is 6.71. The fourth-order valence-corrected chi connectivity index (χ4v) is 3.63. The van der Waals surface area contributed by atoms with E-state index in [2.05, 4.69) is 6.92 Å². The van der Waals surface area contributed by atoms with E-state index in [-0.39, 0.29) is 23.7 Å². The van der Waals surface area contributed by atoms with Gasteiger partial charge >= 0.3 is 5.97 Å². The highest BCUT2D eigenvalue weighted by Crippen LogP contribution is 2.52. The lowest BCUT2D eigenvalue weighted by atomic mass is 9.88. The fraction of sp³-hybridized carbons (Fsp3) is 0.348. The number of fused-ring (bicyclic) bond motifs is 1. The lowest BCUT2D eigenvalue weighted by molar-refractivity contribution is -0.137. The summed E-state index contributed by atoms with van der Waals surface area (Å²) in [4.78, 5) is 11.7. The molecule has 0 aromatic heterocycles. The number of carbonyl (C=O) groups excluding carboxylic acids is 1. The molecule has 2 atom stereocenters. The highest BCUT2D eigenvalue weighted by molar-refractivity contribution is 5.87. The van der Waals surface area contributed by atoms with Crippen LogP contribution in [0.2, 0.25) is 0 Å². The fourth-order valence-electron chi connectivity index (χ4n) is 3.63. The third-order valence-corrected chi connectivity index (χ3v) is 5.01. The van der Waals surface area contributed by atoms with Crippen molar-refractivity contribution in [1.29, 1.82) is 0 Å². The van der Waals surface area contributed by atoms with Crippen LogP contribution in [0.3, 0.4) is 0 Å². The van der Waals surface area contributed by atoms with Gasteiger partial charge in [-0.3, -0.25) is 0 Å². The van der Waals surface area contributed by atoms with E-state index in [1.807, 2.05) is 18.2 Å². The van der Waals surface area contributed by atoms with E-state index in [0.717, 1.165) is 23.1 Å². The van der Waals surface area contributed by atoms with Crippen molar-refractivity contribution in [2.45, 2.75) is 32.3 Å². The molecule has 6 nitrogen and oxygen atoms in total. The number of aromatic hydroxyl groups is 1. The van der Waals surface area contributed by atoms with E-state index in [9.17, 15) is 9.90 Å². The van der Waals surface area contributed by atoms with Crippen LogP contribution in [0.1, 0.15) is 49.0 Å². The van der Waals surface area contributed by atoms with Crippen molar-refractivity contribution in [3.8, 4) is 23.0 Å².